The molecule has 3 N–H and O–H groups in total. The number of hydrogen-bond donors (Lipinski definition) is 2. The van der Waals surface area contributed by atoms with Crippen molar-refractivity contribution in [2.75, 3.05) is 6.54 Å². The lowest BCUT2D eigenvalue weighted by Crippen LogP contribution is -2.48. The van der Waals surface area contributed by atoms with Crippen molar-refractivity contribution in [1.29, 1.82) is 0 Å². The highest BCUT2D eigenvalue weighted by atomic mass is 16.5. The van der Waals surface area contributed by atoms with Crippen LogP contribution in [-0.2, 0) is 9.59 Å². The molecule has 0 fully saturated rings. The molecular weight excluding hydrogens is 350 g/mol. The predicted molar refractivity (Wildman–Crippen MR) is 98.5 cm³/mol. The second kappa shape index (κ2) is 9.29. The summed E-state index contributed by atoms with van der Waals surface area (Å²) in [6, 6.07) is 7.14. The van der Waals surface area contributed by atoms with Crippen LogP contribution in [0.25, 0.3) is 11.0 Å². The van der Waals surface area contributed by atoms with E-state index in [1.807, 2.05) is 19.1 Å². The fourth-order valence-electron chi connectivity index (χ4n) is 2.99. The number of furan rings is 1. The number of fused-ring (bicyclic) bond motifs is 1. The molecule has 1 aromatic carbocycles. The molecule has 0 aliphatic rings. The largest absolute Gasteiger partial charge is 0.451 e. The highest BCUT2D eigenvalue weighted by molar-refractivity contribution is 6.06. The molecule has 2 aromatic rings. The molecule has 146 valence electrons. The Morgan fingerprint density at radius 1 is 1.30 bits per heavy atom. The van der Waals surface area contributed by atoms with Crippen LogP contribution in [0.3, 0.4) is 0 Å². The molecule has 8 heteroatoms. The number of amides is 3. The first kappa shape index (κ1) is 20.6. The van der Waals surface area contributed by atoms with E-state index in [0.717, 1.165) is 18.2 Å². The van der Waals surface area contributed by atoms with Crippen molar-refractivity contribution in [2.24, 2.45) is 11.8 Å². The van der Waals surface area contributed by atoms with Crippen LogP contribution < -0.4 is 5.84 Å². The molecule has 2 rings (SSSR count). The molecule has 27 heavy (non-hydrogen) atoms. The lowest BCUT2D eigenvalue weighted by Gasteiger charge is -2.23. The van der Waals surface area contributed by atoms with Crippen LogP contribution in [0.4, 0.5) is 0 Å². The summed E-state index contributed by atoms with van der Waals surface area (Å²) in [6.45, 7) is 3.51. The van der Waals surface area contributed by atoms with Gasteiger partial charge in [-0.1, -0.05) is 44.4 Å². The first-order chi connectivity index (χ1) is 12.9. The van der Waals surface area contributed by atoms with Crippen molar-refractivity contribution >= 4 is 29.2 Å². The highest BCUT2D eigenvalue weighted by Crippen LogP contribution is 2.26. The van der Waals surface area contributed by atoms with E-state index in [1.165, 1.54) is 0 Å². The number of hydroxylamine groups is 2. The van der Waals surface area contributed by atoms with Gasteiger partial charge in [-0.05, 0) is 19.4 Å². The van der Waals surface area contributed by atoms with Gasteiger partial charge in [0.25, 0.3) is 0 Å². The minimum Gasteiger partial charge on any atom is -0.451 e. The van der Waals surface area contributed by atoms with Crippen molar-refractivity contribution in [1.82, 2.24) is 10.1 Å². The number of carbonyl (C=O) groups excluding carboxylic acids is 3. The van der Waals surface area contributed by atoms with E-state index in [0.29, 0.717) is 34.1 Å². The first-order valence-corrected chi connectivity index (χ1v) is 8.92. The van der Waals surface area contributed by atoms with Gasteiger partial charge in [0.2, 0.25) is 12.3 Å². The van der Waals surface area contributed by atoms with Gasteiger partial charge in [-0.25, -0.2) is 15.9 Å². The maximum atomic E-state index is 12.7. The first-order valence-electron chi connectivity index (χ1n) is 8.92. The van der Waals surface area contributed by atoms with Crippen molar-refractivity contribution < 1.29 is 24.0 Å². The number of para-hydroxylation sites is 1. The van der Waals surface area contributed by atoms with Gasteiger partial charge in [-0.3, -0.25) is 19.6 Å². The van der Waals surface area contributed by atoms with Gasteiger partial charge in [0, 0.05) is 10.9 Å². The van der Waals surface area contributed by atoms with E-state index in [2.05, 4.69) is 0 Å². The van der Waals surface area contributed by atoms with Crippen LogP contribution in [0.15, 0.2) is 28.7 Å². The van der Waals surface area contributed by atoms with Gasteiger partial charge in [-0.15, -0.1) is 0 Å². The van der Waals surface area contributed by atoms with E-state index >= 15 is 0 Å². The molecule has 1 aromatic heterocycles. The average molecular weight is 375 g/mol. The predicted octanol–water partition coefficient (Wildman–Crippen LogP) is 2.63. The van der Waals surface area contributed by atoms with Gasteiger partial charge in [0.1, 0.15) is 5.58 Å². The molecule has 0 unspecified atom stereocenters. The molecule has 0 bridgehead atoms. The fraction of sp³-hybridized carbons (Fsp3) is 0.421. The lowest BCUT2D eigenvalue weighted by molar-refractivity contribution is -0.156. The number of hydrazine groups is 1. The fourth-order valence-corrected chi connectivity index (χ4v) is 2.99. The quantitative estimate of drug-likeness (QED) is 0.174. The summed E-state index contributed by atoms with van der Waals surface area (Å²) < 4.78 is 5.57. The van der Waals surface area contributed by atoms with Crippen molar-refractivity contribution in [3.63, 3.8) is 0 Å². The van der Waals surface area contributed by atoms with Gasteiger partial charge in [-0.2, -0.15) is 0 Å². The standard InChI is InChI=1S/C19H25N3O5/c1-3-4-5-8-14(11-21(26)12-23)18(24)22(20)19(25)17-13(2)15-9-6-7-10-16(15)27-17/h6-7,9-10,12,14,26H,3-5,8,11,20H2,1-2H3/t14-/m1/s1. The summed E-state index contributed by atoms with van der Waals surface area (Å²) in [5.74, 6) is 3.57. The van der Waals surface area contributed by atoms with E-state index < -0.39 is 17.7 Å². The monoisotopic (exact) mass is 375 g/mol. The van der Waals surface area contributed by atoms with E-state index in [4.69, 9.17) is 10.3 Å². The van der Waals surface area contributed by atoms with Gasteiger partial charge >= 0.3 is 5.91 Å². The number of unbranched alkanes of at least 4 members (excludes halogenated alkanes) is 2. The Bertz CT molecular complexity index is 817. The van der Waals surface area contributed by atoms with E-state index in [1.54, 1.807) is 19.1 Å². The molecule has 1 atom stereocenters. The maximum Gasteiger partial charge on any atom is 0.310 e. The molecule has 0 spiro atoms. The summed E-state index contributed by atoms with van der Waals surface area (Å²) >= 11 is 0. The van der Waals surface area contributed by atoms with Crippen LogP contribution in [-0.4, -0.2) is 40.0 Å². The van der Waals surface area contributed by atoms with E-state index in [-0.39, 0.29) is 18.7 Å². The number of nitrogens with zero attached hydrogens (tertiary/aromatic N) is 2. The topological polar surface area (TPSA) is 117 Å². The van der Waals surface area contributed by atoms with Gasteiger partial charge in [0.15, 0.2) is 5.76 Å². The Labute approximate surface area is 157 Å². The third kappa shape index (κ3) is 4.72. The molecular formula is C19H25N3O5. The Morgan fingerprint density at radius 3 is 2.63 bits per heavy atom. The second-order valence-electron chi connectivity index (χ2n) is 6.49. The number of hydrogen-bond acceptors (Lipinski definition) is 6. The lowest BCUT2D eigenvalue weighted by atomic mass is 9.99. The molecule has 0 radical (unpaired) electrons. The zero-order chi connectivity index (χ0) is 20.0. The highest BCUT2D eigenvalue weighted by Gasteiger charge is 2.31. The van der Waals surface area contributed by atoms with Gasteiger partial charge in [0.05, 0.1) is 12.5 Å². The zero-order valence-electron chi connectivity index (χ0n) is 15.6. The summed E-state index contributed by atoms with van der Waals surface area (Å²) in [5.41, 5.74) is 1.12. The van der Waals surface area contributed by atoms with Gasteiger partial charge < -0.3 is 4.42 Å². The van der Waals surface area contributed by atoms with Crippen molar-refractivity contribution in [2.45, 2.75) is 39.5 Å². The number of aryl methyl sites for hydroxylation is 1. The molecule has 1 heterocycles. The summed E-state index contributed by atoms with van der Waals surface area (Å²) in [7, 11) is 0. The summed E-state index contributed by atoms with van der Waals surface area (Å²) in [6.07, 6.45) is 3.16. The Morgan fingerprint density at radius 2 is 2.00 bits per heavy atom. The molecule has 0 aliphatic heterocycles. The van der Waals surface area contributed by atoms with Crippen LogP contribution in [0.1, 0.15) is 48.7 Å². The third-order valence-corrected chi connectivity index (χ3v) is 4.53. The Kier molecular flexibility index (Phi) is 7.09. The average Bonchev–Trinajstić information content (AvgIpc) is 3.02. The summed E-state index contributed by atoms with van der Waals surface area (Å²) in [4.78, 5) is 36.1. The minimum absolute atomic E-state index is 0.00407. The molecule has 3 amide bonds. The number of nitrogens with two attached hydrogens (primary N) is 1. The molecule has 8 nitrogen and oxygen atoms in total. The second-order valence-corrected chi connectivity index (χ2v) is 6.49. The Hall–Kier alpha value is -2.71. The van der Waals surface area contributed by atoms with Crippen LogP contribution in [0, 0.1) is 12.8 Å². The third-order valence-electron chi connectivity index (χ3n) is 4.53. The molecule has 0 saturated carbocycles. The maximum absolute atomic E-state index is 12.7. The zero-order valence-corrected chi connectivity index (χ0v) is 15.6. The molecule has 0 aliphatic carbocycles. The number of benzene rings is 1. The SMILES string of the molecule is CCCCC[C@H](CN(O)C=O)C(=O)N(N)C(=O)c1oc2ccccc2c1C. The normalized spacial score (nSPS) is 12.0. The Balaban J connectivity index is 2.21. The summed E-state index contributed by atoms with van der Waals surface area (Å²) in [5, 5.41) is 11.1. The van der Waals surface area contributed by atoms with E-state index in [9.17, 15) is 19.6 Å². The number of rotatable bonds is 9. The van der Waals surface area contributed by atoms with Crippen molar-refractivity contribution in [3.05, 3.63) is 35.6 Å². The smallest absolute Gasteiger partial charge is 0.310 e. The number of carbonyl (C=O) groups is 3. The van der Waals surface area contributed by atoms with Crippen LogP contribution in [0.2, 0.25) is 0 Å². The van der Waals surface area contributed by atoms with Crippen LogP contribution in [0.5, 0.6) is 0 Å². The van der Waals surface area contributed by atoms with Crippen LogP contribution >= 0.6 is 0 Å². The minimum atomic E-state index is -0.787. The molecule has 0 saturated heterocycles. The van der Waals surface area contributed by atoms with Crippen molar-refractivity contribution in [3.8, 4) is 0 Å². The number of imide groups is 1.